The van der Waals surface area contributed by atoms with E-state index in [1.165, 1.54) is 20.0 Å². The number of esters is 1. The molecule has 0 aromatic heterocycles. The number of carbonyl (C=O) groups is 1. The van der Waals surface area contributed by atoms with Gasteiger partial charge in [0, 0.05) is 12.1 Å². The molecule has 1 fully saturated rings. The third-order valence-electron chi connectivity index (χ3n) is 3.85. The number of ether oxygens (including phenoxy) is 1. The van der Waals surface area contributed by atoms with Crippen LogP contribution in [0, 0.1) is 0 Å². The van der Waals surface area contributed by atoms with E-state index >= 15 is 0 Å². The average molecular weight is 270 g/mol. The summed E-state index contributed by atoms with van der Waals surface area (Å²) in [5.41, 5.74) is -0.554. The highest BCUT2D eigenvalue weighted by Gasteiger charge is 2.34. The van der Waals surface area contributed by atoms with Crippen molar-refractivity contribution in [2.24, 2.45) is 0 Å². The van der Waals surface area contributed by atoms with E-state index in [2.05, 4.69) is 31.1 Å². The standard InChI is InChI=1S/C15H30N2O2/c1-12(2)16-15(3,14(18)19-5)10-6-7-11-17(4)13-8-9-13/h12-13,16H,6-11H2,1-5H3. The molecule has 0 radical (unpaired) electrons. The monoisotopic (exact) mass is 270 g/mol. The minimum absolute atomic E-state index is 0.156. The zero-order chi connectivity index (χ0) is 14.5. The number of carbonyl (C=O) groups excluding carboxylic acids is 1. The minimum Gasteiger partial charge on any atom is -0.468 e. The van der Waals surface area contributed by atoms with Gasteiger partial charge in [0.1, 0.15) is 5.54 Å². The third kappa shape index (κ3) is 5.49. The van der Waals surface area contributed by atoms with Gasteiger partial charge in [-0.25, -0.2) is 0 Å². The van der Waals surface area contributed by atoms with E-state index in [1.54, 1.807) is 0 Å². The van der Waals surface area contributed by atoms with E-state index in [-0.39, 0.29) is 12.0 Å². The predicted octanol–water partition coefficient (Wildman–Crippen LogP) is 2.18. The lowest BCUT2D eigenvalue weighted by molar-refractivity contribution is -0.148. The van der Waals surface area contributed by atoms with Crippen molar-refractivity contribution >= 4 is 5.97 Å². The van der Waals surface area contributed by atoms with Crippen molar-refractivity contribution in [3.05, 3.63) is 0 Å². The molecule has 0 spiro atoms. The molecule has 4 nitrogen and oxygen atoms in total. The molecule has 1 saturated carbocycles. The zero-order valence-electron chi connectivity index (χ0n) is 13.2. The smallest absolute Gasteiger partial charge is 0.325 e. The summed E-state index contributed by atoms with van der Waals surface area (Å²) in [7, 11) is 3.66. The summed E-state index contributed by atoms with van der Waals surface area (Å²) in [6.45, 7) is 7.19. The van der Waals surface area contributed by atoms with Gasteiger partial charge in [0.25, 0.3) is 0 Å². The zero-order valence-corrected chi connectivity index (χ0v) is 13.2. The van der Waals surface area contributed by atoms with Crippen molar-refractivity contribution in [3.8, 4) is 0 Å². The van der Waals surface area contributed by atoms with E-state index in [0.29, 0.717) is 0 Å². The minimum atomic E-state index is -0.554. The number of rotatable bonds is 9. The Labute approximate surface area is 117 Å². The Morgan fingerprint density at radius 3 is 2.53 bits per heavy atom. The molecule has 4 heteroatoms. The first-order valence-electron chi connectivity index (χ1n) is 7.45. The van der Waals surface area contributed by atoms with Crippen LogP contribution in [0.3, 0.4) is 0 Å². The van der Waals surface area contributed by atoms with Crippen LogP contribution in [0.5, 0.6) is 0 Å². The number of hydrogen-bond acceptors (Lipinski definition) is 4. The molecule has 0 amide bonds. The summed E-state index contributed by atoms with van der Waals surface area (Å²) in [6, 6.07) is 1.10. The fraction of sp³-hybridized carbons (Fsp3) is 0.933. The number of hydrogen-bond donors (Lipinski definition) is 1. The molecule has 1 aliphatic rings. The van der Waals surface area contributed by atoms with Crippen LogP contribution in [-0.4, -0.2) is 49.2 Å². The van der Waals surface area contributed by atoms with Gasteiger partial charge in [0.05, 0.1) is 7.11 Å². The Bertz CT molecular complexity index is 290. The summed E-state index contributed by atoms with van der Waals surface area (Å²) < 4.78 is 4.93. The fourth-order valence-electron chi connectivity index (χ4n) is 2.63. The van der Waals surface area contributed by atoms with Crippen LogP contribution in [-0.2, 0) is 9.53 Å². The van der Waals surface area contributed by atoms with Gasteiger partial charge in [-0.05, 0) is 66.5 Å². The highest BCUT2D eigenvalue weighted by Crippen LogP contribution is 2.25. The van der Waals surface area contributed by atoms with E-state index in [1.807, 2.05) is 6.92 Å². The van der Waals surface area contributed by atoms with Crippen molar-refractivity contribution < 1.29 is 9.53 Å². The van der Waals surface area contributed by atoms with Crippen LogP contribution in [0.4, 0.5) is 0 Å². The predicted molar refractivity (Wildman–Crippen MR) is 78.2 cm³/mol. The first-order chi connectivity index (χ1) is 8.89. The van der Waals surface area contributed by atoms with E-state index in [9.17, 15) is 4.79 Å². The summed E-state index contributed by atoms with van der Waals surface area (Å²) >= 11 is 0. The number of nitrogens with one attached hydrogen (secondary N) is 1. The van der Waals surface area contributed by atoms with E-state index in [4.69, 9.17) is 4.74 Å². The molecule has 1 rings (SSSR count). The van der Waals surface area contributed by atoms with E-state index in [0.717, 1.165) is 31.8 Å². The molecule has 0 saturated heterocycles. The Kier molecular flexibility index (Phi) is 6.27. The van der Waals surface area contributed by atoms with Crippen LogP contribution >= 0.6 is 0 Å². The molecule has 1 N–H and O–H groups in total. The van der Waals surface area contributed by atoms with Gasteiger partial charge in [-0.3, -0.25) is 10.1 Å². The van der Waals surface area contributed by atoms with Crippen molar-refractivity contribution in [1.82, 2.24) is 10.2 Å². The van der Waals surface area contributed by atoms with Crippen molar-refractivity contribution in [2.45, 2.75) is 70.5 Å². The van der Waals surface area contributed by atoms with Crippen LogP contribution in [0.2, 0.25) is 0 Å². The quantitative estimate of drug-likeness (QED) is 0.515. The summed E-state index contributed by atoms with van der Waals surface area (Å²) in [5.74, 6) is -0.156. The maximum Gasteiger partial charge on any atom is 0.325 e. The molecular weight excluding hydrogens is 240 g/mol. The molecule has 1 unspecified atom stereocenters. The van der Waals surface area contributed by atoms with Gasteiger partial charge in [-0.2, -0.15) is 0 Å². The second-order valence-electron chi connectivity index (χ2n) is 6.29. The Morgan fingerprint density at radius 1 is 1.42 bits per heavy atom. The molecule has 1 aliphatic carbocycles. The Morgan fingerprint density at radius 2 is 2.05 bits per heavy atom. The second-order valence-corrected chi connectivity index (χ2v) is 6.29. The van der Waals surface area contributed by atoms with Gasteiger partial charge in [0.2, 0.25) is 0 Å². The highest BCUT2D eigenvalue weighted by molar-refractivity contribution is 5.80. The molecule has 112 valence electrons. The highest BCUT2D eigenvalue weighted by atomic mass is 16.5. The summed E-state index contributed by atoms with van der Waals surface area (Å²) in [6.07, 6.45) is 5.72. The molecule has 0 aliphatic heterocycles. The SMILES string of the molecule is COC(=O)C(C)(CCCCN(C)C1CC1)NC(C)C. The molecule has 19 heavy (non-hydrogen) atoms. The van der Waals surface area contributed by atoms with Crippen LogP contribution in [0.15, 0.2) is 0 Å². The van der Waals surface area contributed by atoms with Crippen LogP contribution in [0.25, 0.3) is 0 Å². The van der Waals surface area contributed by atoms with Crippen molar-refractivity contribution in [1.29, 1.82) is 0 Å². The van der Waals surface area contributed by atoms with Gasteiger partial charge in [0.15, 0.2) is 0 Å². The molecule has 1 atom stereocenters. The fourth-order valence-corrected chi connectivity index (χ4v) is 2.63. The second kappa shape index (κ2) is 7.25. The van der Waals surface area contributed by atoms with Crippen LogP contribution in [0.1, 0.15) is 52.9 Å². The first kappa shape index (κ1) is 16.4. The molecule has 0 aromatic rings. The topological polar surface area (TPSA) is 41.6 Å². The molecule has 0 heterocycles. The summed E-state index contributed by atoms with van der Waals surface area (Å²) in [4.78, 5) is 14.4. The Hall–Kier alpha value is -0.610. The van der Waals surface area contributed by atoms with Crippen LogP contribution < -0.4 is 5.32 Å². The third-order valence-corrected chi connectivity index (χ3v) is 3.85. The van der Waals surface area contributed by atoms with Gasteiger partial charge < -0.3 is 9.64 Å². The van der Waals surface area contributed by atoms with E-state index < -0.39 is 5.54 Å². The maximum atomic E-state index is 11.9. The Balaban J connectivity index is 2.33. The largest absolute Gasteiger partial charge is 0.468 e. The number of nitrogens with zero attached hydrogens (tertiary/aromatic N) is 1. The van der Waals surface area contributed by atoms with Crippen molar-refractivity contribution in [3.63, 3.8) is 0 Å². The number of unbranched alkanes of at least 4 members (excludes halogenated alkanes) is 1. The molecule has 0 aromatic carbocycles. The lowest BCUT2D eigenvalue weighted by Gasteiger charge is -2.30. The van der Waals surface area contributed by atoms with Gasteiger partial charge in [-0.15, -0.1) is 0 Å². The lowest BCUT2D eigenvalue weighted by Crippen LogP contribution is -2.53. The summed E-state index contributed by atoms with van der Waals surface area (Å²) in [5, 5.41) is 3.34. The average Bonchev–Trinajstić information content (AvgIpc) is 3.16. The number of methoxy groups -OCH3 is 1. The van der Waals surface area contributed by atoms with Crippen molar-refractivity contribution in [2.75, 3.05) is 20.7 Å². The van der Waals surface area contributed by atoms with Gasteiger partial charge >= 0.3 is 5.97 Å². The first-order valence-corrected chi connectivity index (χ1v) is 7.45. The molecule has 0 bridgehead atoms. The lowest BCUT2D eigenvalue weighted by atomic mass is 9.93. The van der Waals surface area contributed by atoms with Gasteiger partial charge in [-0.1, -0.05) is 0 Å². The maximum absolute atomic E-state index is 11.9. The molecular formula is C15H30N2O2. The normalized spacial score (nSPS) is 18.7.